The largest absolute Gasteiger partial charge is 0.493 e. The van der Waals surface area contributed by atoms with E-state index in [0.29, 0.717) is 0 Å². The predicted octanol–water partition coefficient (Wildman–Crippen LogP) is 2.09. The van der Waals surface area contributed by atoms with Crippen molar-refractivity contribution >= 4 is 5.97 Å². The van der Waals surface area contributed by atoms with Gasteiger partial charge in [0.05, 0.1) is 26.9 Å². The van der Waals surface area contributed by atoms with E-state index in [0.717, 1.165) is 0 Å². The summed E-state index contributed by atoms with van der Waals surface area (Å²) in [7, 11) is 3.72. The average molecular weight is 262 g/mol. The molecular weight excluding hydrogens is 250 g/mol. The number of carbonyl (C=O) groups excluding carboxylic acids is 1. The van der Waals surface area contributed by atoms with Crippen LogP contribution < -0.4 is 14.2 Å². The van der Waals surface area contributed by atoms with Crippen LogP contribution in [-0.4, -0.2) is 33.9 Å². The lowest BCUT2D eigenvalue weighted by molar-refractivity contribution is -0.0526. The van der Waals surface area contributed by atoms with Crippen molar-refractivity contribution in [2.75, 3.05) is 21.3 Å². The van der Waals surface area contributed by atoms with E-state index in [-0.39, 0.29) is 22.8 Å². The zero-order valence-electron chi connectivity index (χ0n) is 10.0. The Labute approximate surface area is 102 Å². The lowest BCUT2D eigenvalue weighted by atomic mass is 10.2. The van der Waals surface area contributed by atoms with Crippen LogP contribution in [0, 0.1) is 0 Å². The summed E-state index contributed by atoms with van der Waals surface area (Å²) in [5.41, 5.74) is 0.104. The second kappa shape index (κ2) is 6.04. The van der Waals surface area contributed by atoms with E-state index in [1.54, 1.807) is 0 Å². The van der Waals surface area contributed by atoms with Crippen LogP contribution in [-0.2, 0) is 4.74 Å². The lowest BCUT2D eigenvalue weighted by Crippen LogP contribution is -2.08. The van der Waals surface area contributed by atoms with Crippen molar-refractivity contribution in [3.05, 3.63) is 17.7 Å². The number of benzene rings is 1. The van der Waals surface area contributed by atoms with Crippen molar-refractivity contribution in [1.29, 1.82) is 0 Å². The van der Waals surface area contributed by atoms with Crippen LogP contribution >= 0.6 is 0 Å². The maximum atomic E-state index is 12.3. The summed E-state index contributed by atoms with van der Waals surface area (Å²) < 4.78 is 43.1. The van der Waals surface area contributed by atoms with Crippen LogP contribution in [0.4, 0.5) is 8.78 Å². The van der Waals surface area contributed by atoms with Crippen LogP contribution in [0.2, 0.25) is 0 Å². The highest BCUT2D eigenvalue weighted by atomic mass is 19.3. The first kappa shape index (κ1) is 14.0. The number of hydrogen-bond acceptors (Lipinski definition) is 5. The highest BCUT2D eigenvalue weighted by Gasteiger charge is 2.20. The average Bonchev–Trinajstić information content (AvgIpc) is 2.37. The van der Waals surface area contributed by atoms with Gasteiger partial charge in [0.1, 0.15) is 0 Å². The maximum Gasteiger partial charge on any atom is 0.387 e. The Balaban J connectivity index is 3.29. The number of esters is 1. The topological polar surface area (TPSA) is 54.0 Å². The molecule has 1 aromatic carbocycles. The molecule has 100 valence electrons. The summed E-state index contributed by atoms with van der Waals surface area (Å²) in [6, 6.07) is 2.46. The molecule has 0 fully saturated rings. The van der Waals surface area contributed by atoms with E-state index in [9.17, 15) is 13.6 Å². The van der Waals surface area contributed by atoms with Crippen LogP contribution in [0.15, 0.2) is 12.1 Å². The molecule has 0 heterocycles. The fraction of sp³-hybridized carbons (Fsp3) is 0.364. The first-order chi connectivity index (χ1) is 8.53. The summed E-state index contributed by atoms with van der Waals surface area (Å²) >= 11 is 0. The molecule has 0 aromatic heterocycles. The van der Waals surface area contributed by atoms with Gasteiger partial charge >= 0.3 is 12.6 Å². The van der Waals surface area contributed by atoms with E-state index >= 15 is 0 Å². The minimum Gasteiger partial charge on any atom is -0.493 e. The number of methoxy groups -OCH3 is 3. The third kappa shape index (κ3) is 2.99. The van der Waals surface area contributed by atoms with Crippen LogP contribution in [0.5, 0.6) is 17.2 Å². The van der Waals surface area contributed by atoms with E-state index in [2.05, 4.69) is 9.47 Å². The normalized spacial score (nSPS) is 10.1. The van der Waals surface area contributed by atoms with Gasteiger partial charge in [0.15, 0.2) is 11.5 Å². The van der Waals surface area contributed by atoms with Crippen molar-refractivity contribution < 1.29 is 32.5 Å². The SMILES string of the molecule is COC(=O)c1cc(OC)c(OC(F)F)c(OC)c1. The third-order valence-electron chi connectivity index (χ3n) is 2.09. The zero-order valence-corrected chi connectivity index (χ0v) is 10.0. The first-order valence-electron chi connectivity index (χ1n) is 4.82. The smallest absolute Gasteiger partial charge is 0.387 e. The third-order valence-corrected chi connectivity index (χ3v) is 2.09. The summed E-state index contributed by atoms with van der Waals surface area (Å²) in [6.07, 6.45) is 0. The fourth-order valence-electron chi connectivity index (χ4n) is 1.32. The maximum absolute atomic E-state index is 12.3. The van der Waals surface area contributed by atoms with Crippen LogP contribution in [0.3, 0.4) is 0 Å². The second-order valence-electron chi connectivity index (χ2n) is 3.08. The van der Waals surface area contributed by atoms with E-state index < -0.39 is 12.6 Å². The summed E-state index contributed by atoms with van der Waals surface area (Å²) in [4.78, 5) is 11.4. The molecule has 0 unspecified atom stereocenters. The predicted molar refractivity (Wildman–Crippen MR) is 57.5 cm³/mol. The Morgan fingerprint density at radius 2 is 1.61 bits per heavy atom. The summed E-state index contributed by atoms with van der Waals surface area (Å²) in [5.74, 6) is -1.01. The van der Waals surface area contributed by atoms with E-state index in [1.807, 2.05) is 0 Å². The van der Waals surface area contributed by atoms with Gasteiger partial charge in [-0.05, 0) is 12.1 Å². The number of alkyl halides is 2. The fourth-order valence-corrected chi connectivity index (χ4v) is 1.32. The minimum absolute atomic E-state index is 0.0462. The molecule has 1 aromatic rings. The van der Waals surface area contributed by atoms with Gasteiger partial charge in [-0.2, -0.15) is 8.78 Å². The number of carbonyl (C=O) groups is 1. The van der Waals surface area contributed by atoms with Gasteiger partial charge in [0.25, 0.3) is 0 Å². The molecule has 0 aliphatic carbocycles. The molecular formula is C11H12F2O5. The molecule has 0 N–H and O–H groups in total. The van der Waals surface area contributed by atoms with Gasteiger partial charge in [-0.15, -0.1) is 0 Å². The Kier molecular flexibility index (Phi) is 4.70. The van der Waals surface area contributed by atoms with E-state index in [4.69, 9.17) is 9.47 Å². The number of hydrogen-bond donors (Lipinski definition) is 0. The Morgan fingerprint density at radius 1 is 1.11 bits per heavy atom. The van der Waals surface area contributed by atoms with Crippen molar-refractivity contribution in [2.45, 2.75) is 6.61 Å². The van der Waals surface area contributed by atoms with Gasteiger partial charge in [0, 0.05) is 0 Å². The molecule has 1 rings (SSSR count). The lowest BCUT2D eigenvalue weighted by Gasteiger charge is -2.14. The number of ether oxygens (including phenoxy) is 4. The van der Waals surface area contributed by atoms with Crippen molar-refractivity contribution in [3.63, 3.8) is 0 Å². The molecule has 0 radical (unpaired) electrons. The number of rotatable bonds is 5. The molecule has 7 heteroatoms. The molecule has 18 heavy (non-hydrogen) atoms. The quantitative estimate of drug-likeness (QED) is 0.760. The molecule has 0 aliphatic heterocycles. The van der Waals surface area contributed by atoms with E-state index in [1.165, 1.54) is 33.5 Å². The van der Waals surface area contributed by atoms with Gasteiger partial charge in [-0.3, -0.25) is 0 Å². The number of halogens is 2. The summed E-state index contributed by atoms with van der Waals surface area (Å²) in [5, 5.41) is 0. The van der Waals surface area contributed by atoms with Gasteiger partial charge in [0.2, 0.25) is 5.75 Å². The molecule has 0 saturated heterocycles. The molecule has 0 aliphatic rings. The van der Waals surface area contributed by atoms with Gasteiger partial charge in [-0.1, -0.05) is 0 Å². The van der Waals surface area contributed by atoms with Crippen LogP contribution in [0.25, 0.3) is 0 Å². The first-order valence-corrected chi connectivity index (χ1v) is 4.82. The summed E-state index contributed by atoms with van der Waals surface area (Å²) in [6.45, 7) is -3.03. The second-order valence-corrected chi connectivity index (χ2v) is 3.08. The van der Waals surface area contributed by atoms with Gasteiger partial charge in [-0.25, -0.2) is 4.79 Å². The monoisotopic (exact) mass is 262 g/mol. The zero-order chi connectivity index (χ0) is 13.7. The molecule has 0 spiro atoms. The van der Waals surface area contributed by atoms with Crippen molar-refractivity contribution in [3.8, 4) is 17.2 Å². The Morgan fingerprint density at radius 3 is 1.94 bits per heavy atom. The molecule has 0 amide bonds. The molecule has 0 saturated carbocycles. The molecule has 0 bridgehead atoms. The molecule has 0 atom stereocenters. The minimum atomic E-state index is -3.03. The highest BCUT2D eigenvalue weighted by Crippen LogP contribution is 2.39. The van der Waals surface area contributed by atoms with Crippen LogP contribution in [0.1, 0.15) is 10.4 Å². The Hall–Kier alpha value is -2.05. The van der Waals surface area contributed by atoms with Crippen molar-refractivity contribution in [2.24, 2.45) is 0 Å². The van der Waals surface area contributed by atoms with Gasteiger partial charge < -0.3 is 18.9 Å². The highest BCUT2D eigenvalue weighted by molar-refractivity contribution is 5.91. The standard InChI is InChI=1S/C11H12F2O5/c1-15-7-4-6(10(14)17-3)5-8(16-2)9(7)18-11(12)13/h4-5,11H,1-3H3. The van der Waals surface area contributed by atoms with Crippen molar-refractivity contribution in [1.82, 2.24) is 0 Å². The molecule has 5 nitrogen and oxygen atoms in total. The Bertz CT molecular complexity index is 408.